The third kappa shape index (κ3) is 8.85. The zero-order valence-corrected chi connectivity index (χ0v) is 23.0. The number of ether oxygens (including phenoxy) is 2. The minimum absolute atomic E-state index is 0.359. The number of carboxylic acids is 2. The standard InChI is InChI=1S/C30H40O8/c1-17(2)15-21-7-11-23(12-8-21)19(5)29(35)37-25(27(31)32)26(28(33)34)38-30(36)20(6)24-13-9-22(10-14-24)16-18(3)4/h7-9,11-14,17-20,22,25-26H,10,15-16H2,1-6H3,(H,31,32)(H,33,34). The van der Waals surface area contributed by atoms with Crippen LogP contribution in [0.15, 0.2) is 48.1 Å². The average molecular weight is 529 g/mol. The van der Waals surface area contributed by atoms with Crippen LogP contribution in [0.25, 0.3) is 0 Å². The van der Waals surface area contributed by atoms with E-state index in [-0.39, 0.29) is 0 Å². The predicted octanol–water partition coefficient (Wildman–Crippen LogP) is 5.17. The lowest BCUT2D eigenvalue weighted by atomic mass is 9.86. The number of aliphatic carboxylic acids is 2. The Balaban J connectivity index is 2.10. The summed E-state index contributed by atoms with van der Waals surface area (Å²) in [6, 6.07) is 7.28. The van der Waals surface area contributed by atoms with Crippen molar-refractivity contribution in [2.45, 2.75) is 78.9 Å². The first kappa shape index (κ1) is 30.8. The van der Waals surface area contributed by atoms with Crippen LogP contribution in [0, 0.1) is 23.7 Å². The van der Waals surface area contributed by atoms with Gasteiger partial charge in [-0.25, -0.2) is 9.59 Å². The maximum atomic E-state index is 12.8. The number of esters is 2. The minimum atomic E-state index is -2.20. The summed E-state index contributed by atoms with van der Waals surface area (Å²) in [4.78, 5) is 49.4. The van der Waals surface area contributed by atoms with E-state index in [1.165, 1.54) is 6.92 Å². The SMILES string of the molecule is CC(C)Cc1ccc(C(C)C(=O)OC(C(=O)O)C(OC(=O)C(C)C2=CCC(CC(C)C)C=C2)C(=O)O)cc1. The molecule has 0 bridgehead atoms. The van der Waals surface area contributed by atoms with Gasteiger partial charge in [0.1, 0.15) is 0 Å². The van der Waals surface area contributed by atoms with Gasteiger partial charge >= 0.3 is 23.9 Å². The van der Waals surface area contributed by atoms with Crippen molar-refractivity contribution in [3.05, 3.63) is 59.2 Å². The highest BCUT2D eigenvalue weighted by molar-refractivity contribution is 5.89. The lowest BCUT2D eigenvalue weighted by Crippen LogP contribution is -2.47. The van der Waals surface area contributed by atoms with E-state index in [0.29, 0.717) is 28.9 Å². The molecule has 1 aliphatic carbocycles. The number of carbonyl (C=O) groups excluding carboxylic acids is 2. The van der Waals surface area contributed by atoms with Gasteiger partial charge in [0.05, 0.1) is 11.8 Å². The Bertz CT molecular complexity index is 1050. The highest BCUT2D eigenvalue weighted by Gasteiger charge is 2.42. The van der Waals surface area contributed by atoms with Gasteiger partial charge < -0.3 is 19.7 Å². The lowest BCUT2D eigenvalue weighted by Gasteiger charge is -2.25. The molecule has 0 spiro atoms. The molecule has 0 heterocycles. The minimum Gasteiger partial charge on any atom is -0.478 e. The first-order valence-electron chi connectivity index (χ1n) is 13.1. The van der Waals surface area contributed by atoms with E-state index in [2.05, 4.69) is 27.7 Å². The molecule has 0 radical (unpaired) electrons. The van der Waals surface area contributed by atoms with E-state index >= 15 is 0 Å². The van der Waals surface area contributed by atoms with E-state index in [0.717, 1.165) is 24.8 Å². The number of hydrogen-bond donors (Lipinski definition) is 2. The fourth-order valence-corrected chi connectivity index (χ4v) is 4.41. The zero-order valence-electron chi connectivity index (χ0n) is 23.0. The van der Waals surface area contributed by atoms with E-state index in [4.69, 9.17) is 9.47 Å². The van der Waals surface area contributed by atoms with Gasteiger partial charge in [0.15, 0.2) is 0 Å². The molecule has 0 aromatic heterocycles. The molecule has 38 heavy (non-hydrogen) atoms. The van der Waals surface area contributed by atoms with Crippen molar-refractivity contribution in [2.24, 2.45) is 23.7 Å². The number of carbonyl (C=O) groups is 4. The highest BCUT2D eigenvalue weighted by atomic mass is 16.6. The molecule has 2 N–H and O–H groups in total. The van der Waals surface area contributed by atoms with Crippen LogP contribution in [-0.2, 0) is 35.1 Å². The molecule has 0 saturated heterocycles. The lowest BCUT2D eigenvalue weighted by molar-refractivity contribution is -0.188. The Hall–Kier alpha value is -3.42. The van der Waals surface area contributed by atoms with Gasteiger partial charge in [-0.15, -0.1) is 0 Å². The van der Waals surface area contributed by atoms with Crippen molar-refractivity contribution in [2.75, 3.05) is 0 Å². The van der Waals surface area contributed by atoms with Crippen LogP contribution in [-0.4, -0.2) is 46.3 Å². The largest absolute Gasteiger partial charge is 0.478 e. The van der Waals surface area contributed by atoms with Crippen molar-refractivity contribution in [1.82, 2.24) is 0 Å². The summed E-state index contributed by atoms with van der Waals surface area (Å²) in [5, 5.41) is 19.3. The summed E-state index contributed by atoms with van der Waals surface area (Å²) in [6.45, 7) is 11.6. The molecule has 8 nitrogen and oxygen atoms in total. The zero-order chi connectivity index (χ0) is 28.6. The molecule has 8 heteroatoms. The molecule has 2 rings (SSSR count). The Morgan fingerprint density at radius 1 is 0.816 bits per heavy atom. The molecule has 0 amide bonds. The molecule has 0 saturated carbocycles. The van der Waals surface area contributed by atoms with Crippen LogP contribution < -0.4 is 0 Å². The van der Waals surface area contributed by atoms with Crippen LogP contribution in [0.3, 0.4) is 0 Å². The van der Waals surface area contributed by atoms with Gasteiger partial charge in [0.25, 0.3) is 0 Å². The van der Waals surface area contributed by atoms with Crippen molar-refractivity contribution in [3.8, 4) is 0 Å². The molecule has 5 unspecified atom stereocenters. The summed E-state index contributed by atoms with van der Waals surface area (Å²) in [6.07, 6.45) is 3.97. The van der Waals surface area contributed by atoms with E-state index in [1.54, 1.807) is 19.1 Å². The third-order valence-corrected chi connectivity index (χ3v) is 6.57. The van der Waals surface area contributed by atoms with Gasteiger partial charge in [-0.05, 0) is 67.6 Å². The first-order valence-corrected chi connectivity index (χ1v) is 13.1. The van der Waals surface area contributed by atoms with Gasteiger partial charge in [0.2, 0.25) is 12.2 Å². The quantitative estimate of drug-likeness (QED) is 0.336. The van der Waals surface area contributed by atoms with Crippen molar-refractivity contribution >= 4 is 23.9 Å². The summed E-state index contributed by atoms with van der Waals surface area (Å²) >= 11 is 0. The van der Waals surface area contributed by atoms with Gasteiger partial charge in [-0.1, -0.05) is 70.2 Å². The first-order chi connectivity index (χ1) is 17.8. The van der Waals surface area contributed by atoms with Crippen molar-refractivity contribution in [1.29, 1.82) is 0 Å². The molecule has 1 aromatic carbocycles. The maximum Gasteiger partial charge on any atom is 0.349 e. The number of allylic oxidation sites excluding steroid dienone is 3. The molecule has 0 fully saturated rings. The smallest absolute Gasteiger partial charge is 0.349 e. The topological polar surface area (TPSA) is 127 Å². The third-order valence-electron chi connectivity index (χ3n) is 6.57. The Labute approximate surface area is 224 Å². The Morgan fingerprint density at radius 3 is 1.76 bits per heavy atom. The van der Waals surface area contributed by atoms with E-state index < -0.39 is 47.9 Å². The second-order valence-electron chi connectivity index (χ2n) is 10.9. The van der Waals surface area contributed by atoms with Crippen LogP contribution >= 0.6 is 0 Å². The van der Waals surface area contributed by atoms with Gasteiger partial charge in [-0.2, -0.15) is 0 Å². The number of benzene rings is 1. The maximum absolute atomic E-state index is 12.8. The molecular weight excluding hydrogens is 488 g/mol. The summed E-state index contributed by atoms with van der Waals surface area (Å²) in [7, 11) is 0. The van der Waals surface area contributed by atoms with E-state index in [9.17, 15) is 29.4 Å². The van der Waals surface area contributed by atoms with Crippen LogP contribution in [0.2, 0.25) is 0 Å². The highest BCUT2D eigenvalue weighted by Crippen LogP contribution is 2.27. The second-order valence-corrected chi connectivity index (χ2v) is 10.9. The number of rotatable bonds is 13. The summed E-state index contributed by atoms with van der Waals surface area (Å²) in [5.41, 5.74) is 2.35. The number of hydrogen-bond acceptors (Lipinski definition) is 6. The summed E-state index contributed by atoms with van der Waals surface area (Å²) in [5.74, 6) is -5.61. The van der Waals surface area contributed by atoms with Gasteiger partial charge in [-0.3, -0.25) is 9.59 Å². The Morgan fingerprint density at radius 2 is 1.34 bits per heavy atom. The van der Waals surface area contributed by atoms with Crippen LogP contribution in [0.5, 0.6) is 0 Å². The fraction of sp³-hybridized carbons (Fsp3) is 0.533. The van der Waals surface area contributed by atoms with Gasteiger partial charge in [0, 0.05) is 0 Å². The van der Waals surface area contributed by atoms with Crippen LogP contribution in [0.1, 0.15) is 71.4 Å². The molecule has 5 atom stereocenters. The monoisotopic (exact) mass is 528 g/mol. The Kier molecular flexibility index (Phi) is 11.3. The second kappa shape index (κ2) is 13.9. The average Bonchev–Trinajstić information content (AvgIpc) is 2.84. The van der Waals surface area contributed by atoms with Crippen molar-refractivity contribution < 1.29 is 38.9 Å². The molecule has 208 valence electrons. The normalized spacial score (nSPS) is 18.3. The van der Waals surface area contributed by atoms with Crippen molar-refractivity contribution in [3.63, 3.8) is 0 Å². The molecule has 1 aromatic rings. The van der Waals surface area contributed by atoms with E-state index in [1.807, 2.05) is 30.4 Å². The fourth-order valence-electron chi connectivity index (χ4n) is 4.41. The molecule has 1 aliphatic rings. The summed E-state index contributed by atoms with van der Waals surface area (Å²) < 4.78 is 10.2. The molecule has 0 aliphatic heterocycles. The van der Waals surface area contributed by atoms with Crippen LogP contribution in [0.4, 0.5) is 0 Å². The predicted molar refractivity (Wildman–Crippen MR) is 142 cm³/mol. The number of carboxylic acid groups (broad SMARTS) is 2. The molecular formula is C30H40O8.